The van der Waals surface area contributed by atoms with E-state index in [1.165, 1.54) is 0 Å². The highest BCUT2D eigenvalue weighted by Gasteiger charge is 2.30. The fraction of sp³-hybridized carbons (Fsp3) is 0.429. The first-order chi connectivity index (χ1) is 9.92. The number of hydrogen-bond donors (Lipinski definition) is 2. The summed E-state index contributed by atoms with van der Waals surface area (Å²) in [5, 5.41) is 6.54. The van der Waals surface area contributed by atoms with Crippen LogP contribution in [0.1, 0.15) is 0 Å². The van der Waals surface area contributed by atoms with E-state index in [9.17, 15) is 0 Å². The van der Waals surface area contributed by atoms with E-state index in [0.29, 0.717) is 0 Å². The highest BCUT2D eigenvalue weighted by atomic mass is 32.2. The molecule has 0 spiro atoms. The van der Waals surface area contributed by atoms with Gasteiger partial charge in [-0.1, -0.05) is 18.2 Å². The fourth-order valence-electron chi connectivity index (χ4n) is 2.17. The first kappa shape index (κ1) is 13.5. The minimum absolute atomic E-state index is 0.194. The number of nitrogens with one attached hydrogen (secondary N) is 2. The standard InChI is InChI=1S/C14H20N5S/c1-2-4-13(5-3-1)17-14(18-19-9-6-16-12-19)20-10-7-15-8-11-20/h1-5,12,15H,6-11H2,(H,17,18)/q+1. The molecule has 0 aromatic heterocycles. The van der Waals surface area contributed by atoms with Gasteiger partial charge in [0.25, 0.3) is 0 Å². The van der Waals surface area contributed by atoms with Crippen LogP contribution in [0.3, 0.4) is 0 Å². The lowest BCUT2D eigenvalue weighted by Crippen LogP contribution is -2.49. The number of aliphatic imine (C=N–C) groups is 2. The van der Waals surface area contributed by atoms with Gasteiger partial charge in [0.15, 0.2) is 0 Å². The summed E-state index contributed by atoms with van der Waals surface area (Å²) in [6, 6.07) is 10.2. The highest BCUT2D eigenvalue weighted by Crippen LogP contribution is 2.13. The Morgan fingerprint density at radius 2 is 2.05 bits per heavy atom. The van der Waals surface area contributed by atoms with Crippen LogP contribution >= 0.6 is 0 Å². The number of rotatable bonds is 2. The first-order valence-electron chi connectivity index (χ1n) is 6.97. The third-order valence-corrected chi connectivity index (χ3v) is 5.36. The Kier molecular flexibility index (Phi) is 4.55. The summed E-state index contributed by atoms with van der Waals surface area (Å²) in [6.07, 6.45) is 1.87. The lowest BCUT2D eigenvalue weighted by molar-refractivity contribution is 0.426. The first-order valence-corrected chi connectivity index (χ1v) is 8.53. The van der Waals surface area contributed by atoms with Crippen molar-refractivity contribution in [2.75, 3.05) is 37.7 Å². The van der Waals surface area contributed by atoms with Crippen molar-refractivity contribution in [1.29, 1.82) is 0 Å². The zero-order valence-electron chi connectivity index (χ0n) is 11.5. The molecular formula is C14H20N5S+. The van der Waals surface area contributed by atoms with Crippen molar-refractivity contribution in [3.05, 3.63) is 30.3 Å². The van der Waals surface area contributed by atoms with Crippen LogP contribution in [-0.4, -0.2) is 54.2 Å². The van der Waals surface area contributed by atoms with Gasteiger partial charge in [-0.3, -0.25) is 10.0 Å². The van der Waals surface area contributed by atoms with Gasteiger partial charge in [0, 0.05) is 13.1 Å². The van der Waals surface area contributed by atoms with Gasteiger partial charge in [-0.2, -0.15) is 4.99 Å². The molecule has 1 aromatic carbocycles. The molecule has 2 N–H and O–H groups in total. The maximum absolute atomic E-state index is 4.83. The molecule has 0 atom stereocenters. The van der Waals surface area contributed by atoms with Gasteiger partial charge in [-0.05, 0) is 12.1 Å². The quantitative estimate of drug-likeness (QED) is 0.480. The van der Waals surface area contributed by atoms with E-state index < -0.39 is 0 Å². The van der Waals surface area contributed by atoms with E-state index in [2.05, 4.69) is 15.7 Å². The average molecular weight is 290 g/mol. The van der Waals surface area contributed by atoms with Gasteiger partial charge >= 0.3 is 5.17 Å². The van der Waals surface area contributed by atoms with Crippen LogP contribution in [0.15, 0.2) is 40.3 Å². The fourth-order valence-corrected chi connectivity index (χ4v) is 4.03. The molecule has 1 saturated heterocycles. The van der Waals surface area contributed by atoms with Crippen LogP contribution in [0, 0.1) is 0 Å². The third kappa shape index (κ3) is 3.52. The highest BCUT2D eigenvalue weighted by molar-refractivity contribution is 8.11. The maximum Gasteiger partial charge on any atom is 0.338 e. The molecule has 106 valence electrons. The molecule has 0 amide bonds. The van der Waals surface area contributed by atoms with Gasteiger partial charge in [0.2, 0.25) is 0 Å². The molecule has 2 aliphatic rings. The molecule has 0 radical (unpaired) electrons. The van der Waals surface area contributed by atoms with Crippen molar-refractivity contribution in [1.82, 2.24) is 15.8 Å². The maximum atomic E-state index is 4.83. The molecule has 0 saturated carbocycles. The van der Waals surface area contributed by atoms with Crippen LogP contribution in [0.2, 0.25) is 0 Å². The number of hydrazine groups is 1. The number of amidine groups is 1. The molecule has 0 aliphatic carbocycles. The number of nitrogens with zero attached hydrogens (tertiary/aromatic N) is 3. The van der Waals surface area contributed by atoms with Crippen molar-refractivity contribution in [3.63, 3.8) is 0 Å². The average Bonchev–Trinajstić information content (AvgIpc) is 3.02. The summed E-state index contributed by atoms with van der Waals surface area (Å²) in [5.74, 6) is 2.31. The molecule has 2 heterocycles. The summed E-state index contributed by atoms with van der Waals surface area (Å²) >= 11 is 0. The molecule has 0 unspecified atom stereocenters. The lowest BCUT2D eigenvalue weighted by Gasteiger charge is -2.20. The van der Waals surface area contributed by atoms with Crippen LogP contribution in [0.25, 0.3) is 0 Å². The number of para-hydroxylation sites is 1. The third-order valence-electron chi connectivity index (χ3n) is 3.24. The number of hydrogen-bond acceptors (Lipinski definition) is 4. The minimum Gasteiger partial charge on any atom is -0.308 e. The summed E-state index contributed by atoms with van der Waals surface area (Å²) in [5.41, 5.74) is 4.46. The predicted molar refractivity (Wildman–Crippen MR) is 86.7 cm³/mol. The molecule has 1 aromatic rings. The van der Waals surface area contributed by atoms with Crippen molar-refractivity contribution in [2.24, 2.45) is 9.98 Å². The topological polar surface area (TPSA) is 52.0 Å². The second-order valence-electron chi connectivity index (χ2n) is 4.73. The van der Waals surface area contributed by atoms with Crippen LogP contribution in [0.5, 0.6) is 0 Å². The number of benzene rings is 1. The minimum atomic E-state index is 0.194. The van der Waals surface area contributed by atoms with Crippen LogP contribution in [-0.2, 0) is 10.9 Å². The smallest absolute Gasteiger partial charge is 0.308 e. The summed E-state index contributed by atoms with van der Waals surface area (Å²) in [6.45, 7) is 3.93. The van der Waals surface area contributed by atoms with Gasteiger partial charge < -0.3 is 5.32 Å². The van der Waals surface area contributed by atoms with E-state index in [1.807, 2.05) is 41.7 Å². The summed E-state index contributed by atoms with van der Waals surface area (Å²) in [4.78, 5) is 9.08. The molecule has 0 bridgehead atoms. The monoisotopic (exact) mass is 290 g/mol. The van der Waals surface area contributed by atoms with Gasteiger partial charge in [-0.15, -0.1) is 0 Å². The van der Waals surface area contributed by atoms with E-state index in [-0.39, 0.29) is 10.9 Å². The summed E-state index contributed by atoms with van der Waals surface area (Å²) in [7, 11) is 0.194. The van der Waals surface area contributed by atoms with E-state index in [1.54, 1.807) is 0 Å². The molecular weight excluding hydrogens is 270 g/mol. The normalized spacial score (nSPS) is 20.4. The zero-order valence-corrected chi connectivity index (χ0v) is 12.3. The SMILES string of the molecule is C1=NCCN1NC(=Nc1ccccc1)[S+]1CCNCC1. The van der Waals surface area contributed by atoms with Crippen LogP contribution < -0.4 is 10.7 Å². The van der Waals surface area contributed by atoms with Crippen molar-refractivity contribution in [3.8, 4) is 0 Å². The second kappa shape index (κ2) is 6.76. The van der Waals surface area contributed by atoms with Crippen molar-refractivity contribution >= 4 is 28.1 Å². The van der Waals surface area contributed by atoms with E-state index in [4.69, 9.17) is 4.99 Å². The van der Waals surface area contributed by atoms with Crippen molar-refractivity contribution in [2.45, 2.75) is 0 Å². The van der Waals surface area contributed by atoms with Crippen molar-refractivity contribution < 1.29 is 0 Å². The van der Waals surface area contributed by atoms with Gasteiger partial charge in [-0.25, -0.2) is 5.43 Å². The van der Waals surface area contributed by atoms with E-state index in [0.717, 1.165) is 48.5 Å². The Morgan fingerprint density at radius 3 is 2.75 bits per heavy atom. The molecule has 6 heteroatoms. The Hall–Kier alpha value is -1.53. The Morgan fingerprint density at radius 1 is 1.25 bits per heavy atom. The second-order valence-corrected chi connectivity index (χ2v) is 6.92. The summed E-state index contributed by atoms with van der Waals surface area (Å²) < 4.78 is 0. The van der Waals surface area contributed by atoms with Crippen LogP contribution in [0.4, 0.5) is 5.69 Å². The lowest BCUT2D eigenvalue weighted by atomic mass is 10.3. The molecule has 1 fully saturated rings. The predicted octanol–water partition coefficient (Wildman–Crippen LogP) is 0.744. The molecule has 20 heavy (non-hydrogen) atoms. The van der Waals surface area contributed by atoms with E-state index >= 15 is 0 Å². The molecule has 5 nitrogen and oxygen atoms in total. The largest absolute Gasteiger partial charge is 0.338 e. The van der Waals surface area contributed by atoms with Gasteiger partial charge in [0.05, 0.1) is 29.7 Å². The Labute approximate surface area is 122 Å². The molecule has 3 rings (SSSR count). The Balaban J connectivity index is 1.78. The Bertz CT molecular complexity index is 482. The van der Waals surface area contributed by atoms with Gasteiger partial charge in [0.1, 0.15) is 17.8 Å². The molecule has 2 aliphatic heterocycles. The zero-order chi connectivity index (χ0) is 13.6.